The van der Waals surface area contributed by atoms with Crippen molar-refractivity contribution >= 4 is 5.91 Å². The summed E-state index contributed by atoms with van der Waals surface area (Å²) in [5.74, 6) is 0.0741. The normalized spacial score (nSPS) is 18.4. The van der Waals surface area contributed by atoms with E-state index in [4.69, 9.17) is 10.5 Å². The van der Waals surface area contributed by atoms with Crippen molar-refractivity contribution in [1.29, 1.82) is 0 Å². The molecule has 0 radical (unpaired) electrons. The van der Waals surface area contributed by atoms with Crippen molar-refractivity contribution in [2.75, 3.05) is 39.4 Å². The molecule has 0 atom stereocenters. The molecule has 1 heterocycles. The first-order valence-corrected chi connectivity index (χ1v) is 5.83. The maximum atomic E-state index is 11.5. The van der Waals surface area contributed by atoms with Crippen LogP contribution >= 0.6 is 0 Å². The summed E-state index contributed by atoms with van der Waals surface area (Å²) in [6.45, 7) is 8.53. The number of morpholine rings is 1. The summed E-state index contributed by atoms with van der Waals surface area (Å²) in [5.41, 5.74) is 5.44. The lowest BCUT2D eigenvalue weighted by atomic mass is 10.1. The van der Waals surface area contributed by atoms with Gasteiger partial charge in [-0.25, -0.2) is 0 Å². The molecule has 1 rings (SSSR count). The van der Waals surface area contributed by atoms with Crippen LogP contribution in [0.5, 0.6) is 0 Å². The molecule has 0 aromatic heterocycles. The number of nitrogens with one attached hydrogen (secondary N) is 1. The van der Waals surface area contributed by atoms with Crippen LogP contribution in [0.4, 0.5) is 0 Å². The minimum Gasteiger partial charge on any atom is -0.379 e. The van der Waals surface area contributed by atoms with Crippen LogP contribution in [0.15, 0.2) is 0 Å². The highest BCUT2D eigenvalue weighted by Crippen LogP contribution is 1.98. The number of rotatable bonds is 5. The molecule has 1 saturated heterocycles. The molecule has 0 aromatic carbocycles. The number of nitrogens with two attached hydrogens (primary N) is 1. The highest BCUT2D eigenvalue weighted by atomic mass is 16.5. The predicted molar refractivity (Wildman–Crippen MR) is 63.2 cm³/mol. The van der Waals surface area contributed by atoms with Crippen molar-refractivity contribution in [2.45, 2.75) is 25.8 Å². The van der Waals surface area contributed by atoms with Gasteiger partial charge in [-0.1, -0.05) is 0 Å². The second-order valence-electron chi connectivity index (χ2n) is 4.97. The summed E-state index contributed by atoms with van der Waals surface area (Å²) in [6.07, 6.45) is 0.538. The Balaban J connectivity index is 2.09. The fourth-order valence-corrected chi connectivity index (χ4v) is 1.50. The summed E-state index contributed by atoms with van der Waals surface area (Å²) in [4.78, 5) is 13.8. The Morgan fingerprint density at radius 2 is 2.06 bits per heavy atom. The van der Waals surface area contributed by atoms with Crippen molar-refractivity contribution in [2.24, 2.45) is 5.73 Å². The molecule has 3 N–H and O–H groups in total. The lowest BCUT2D eigenvalue weighted by Gasteiger charge is -2.26. The highest BCUT2D eigenvalue weighted by molar-refractivity contribution is 5.76. The summed E-state index contributed by atoms with van der Waals surface area (Å²) in [7, 11) is 0. The quantitative estimate of drug-likeness (QED) is 0.671. The summed E-state index contributed by atoms with van der Waals surface area (Å²) < 4.78 is 5.24. The molecule has 16 heavy (non-hydrogen) atoms. The van der Waals surface area contributed by atoms with Gasteiger partial charge in [0.05, 0.1) is 13.2 Å². The van der Waals surface area contributed by atoms with Gasteiger partial charge < -0.3 is 15.8 Å². The molecule has 5 heteroatoms. The van der Waals surface area contributed by atoms with E-state index in [0.29, 0.717) is 13.0 Å². The molecule has 94 valence electrons. The Bertz CT molecular complexity index is 220. The Morgan fingerprint density at radius 1 is 1.44 bits per heavy atom. The summed E-state index contributed by atoms with van der Waals surface area (Å²) in [6, 6.07) is 0. The maximum Gasteiger partial charge on any atom is 0.221 e. The number of ether oxygens (including phenoxy) is 1. The van der Waals surface area contributed by atoms with Gasteiger partial charge in [-0.05, 0) is 13.8 Å². The van der Waals surface area contributed by atoms with E-state index in [-0.39, 0.29) is 11.4 Å². The summed E-state index contributed by atoms with van der Waals surface area (Å²) >= 11 is 0. The number of nitrogens with zero attached hydrogens (tertiary/aromatic N) is 1. The first-order chi connectivity index (χ1) is 7.47. The lowest BCUT2D eigenvalue weighted by molar-refractivity contribution is -0.121. The molecular weight excluding hydrogens is 206 g/mol. The Kier molecular flexibility index (Phi) is 5.18. The minimum atomic E-state index is -0.339. The van der Waals surface area contributed by atoms with E-state index in [9.17, 15) is 4.79 Å². The zero-order valence-electron chi connectivity index (χ0n) is 10.3. The number of carbonyl (C=O) groups excluding carboxylic acids is 1. The molecule has 0 aliphatic carbocycles. The summed E-state index contributed by atoms with van der Waals surface area (Å²) in [5, 5.41) is 2.84. The van der Waals surface area contributed by atoms with Gasteiger partial charge >= 0.3 is 0 Å². The predicted octanol–water partition coefficient (Wildman–Crippen LogP) is -0.438. The second-order valence-corrected chi connectivity index (χ2v) is 4.97. The molecule has 5 nitrogen and oxygen atoms in total. The third kappa shape index (κ3) is 6.05. The second kappa shape index (κ2) is 6.18. The van der Waals surface area contributed by atoms with E-state index in [0.717, 1.165) is 32.8 Å². The molecule has 0 aromatic rings. The lowest BCUT2D eigenvalue weighted by Crippen LogP contribution is -2.46. The monoisotopic (exact) mass is 229 g/mol. The van der Waals surface area contributed by atoms with Crippen molar-refractivity contribution < 1.29 is 9.53 Å². The van der Waals surface area contributed by atoms with E-state index in [2.05, 4.69) is 10.2 Å². The van der Waals surface area contributed by atoms with Crippen LogP contribution in [0.25, 0.3) is 0 Å². The van der Waals surface area contributed by atoms with Crippen LogP contribution in [0, 0.1) is 0 Å². The van der Waals surface area contributed by atoms with Gasteiger partial charge in [0.25, 0.3) is 0 Å². The van der Waals surface area contributed by atoms with Gasteiger partial charge in [0.2, 0.25) is 5.91 Å². The molecule has 1 fully saturated rings. The molecule has 0 saturated carbocycles. The molecule has 1 amide bonds. The smallest absolute Gasteiger partial charge is 0.221 e. The molecule has 1 aliphatic rings. The van der Waals surface area contributed by atoms with Crippen LogP contribution < -0.4 is 11.1 Å². The highest BCUT2D eigenvalue weighted by Gasteiger charge is 2.14. The average Bonchev–Trinajstić information content (AvgIpc) is 2.24. The SMILES string of the molecule is CC(C)(N)CNC(=O)CCN1CCOCC1. The molecule has 0 unspecified atom stereocenters. The number of hydrogen-bond donors (Lipinski definition) is 2. The zero-order chi connectivity index (χ0) is 12.0. The number of carbonyl (C=O) groups is 1. The standard InChI is InChI=1S/C11H23N3O2/c1-11(2,12)9-13-10(15)3-4-14-5-7-16-8-6-14/h3-9,12H2,1-2H3,(H,13,15). The molecule has 0 spiro atoms. The van der Waals surface area contributed by atoms with Crippen molar-refractivity contribution in [3.05, 3.63) is 0 Å². The first-order valence-electron chi connectivity index (χ1n) is 5.83. The zero-order valence-corrected chi connectivity index (χ0v) is 10.3. The van der Waals surface area contributed by atoms with Crippen LogP contribution in [-0.4, -0.2) is 55.7 Å². The Labute approximate surface area is 97.3 Å². The topological polar surface area (TPSA) is 67.6 Å². The third-order valence-electron chi connectivity index (χ3n) is 2.50. The van der Waals surface area contributed by atoms with E-state index in [1.54, 1.807) is 0 Å². The van der Waals surface area contributed by atoms with Gasteiger partial charge in [0, 0.05) is 38.1 Å². The van der Waals surface area contributed by atoms with Gasteiger partial charge in [-0.3, -0.25) is 9.69 Å². The van der Waals surface area contributed by atoms with Crippen LogP contribution in [0.1, 0.15) is 20.3 Å². The third-order valence-corrected chi connectivity index (χ3v) is 2.50. The number of amides is 1. The average molecular weight is 229 g/mol. The Hall–Kier alpha value is -0.650. The van der Waals surface area contributed by atoms with Crippen LogP contribution in [0.2, 0.25) is 0 Å². The number of hydrogen-bond acceptors (Lipinski definition) is 4. The van der Waals surface area contributed by atoms with E-state index in [1.807, 2.05) is 13.8 Å². The van der Waals surface area contributed by atoms with Gasteiger partial charge in [-0.2, -0.15) is 0 Å². The van der Waals surface area contributed by atoms with Gasteiger partial charge in [0.15, 0.2) is 0 Å². The van der Waals surface area contributed by atoms with Gasteiger partial charge in [0.1, 0.15) is 0 Å². The van der Waals surface area contributed by atoms with Crippen LogP contribution in [0.3, 0.4) is 0 Å². The largest absolute Gasteiger partial charge is 0.379 e. The first kappa shape index (κ1) is 13.4. The van der Waals surface area contributed by atoms with Crippen molar-refractivity contribution in [3.8, 4) is 0 Å². The van der Waals surface area contributed by atoms with E-state index in [1.165, 1.54) is 0 Å². The van der Waals surface area contributed by atoms with Gasteiger partial charge in [-0.15, -0.1) is 0 Å². The molecule has 0 bridgehead atoms. The van der Waals surface area contributed by atoms with Crippen molar-refractivity contribution in [3.63, 3.8) is 0 Å². The van der Waals surface area contributed by atoms with Crippen molar-refractivity contribution in [1.82, 2.24) is 10.2 Å². The van der Waals surface area contributed by atoms with E-state index < -0.39 is 0 Å². The fourth-order valence-electron chi connectivity index (χ4n) is 1.50. The fraction of sp³-hybridized carbons (Fsp3) is 0.909. The maximum absolute atomic E-state index is 11.5. The molecule has 1 aliphatic heterocycles. The van der Waals surface area contributed by atoms with Crippen LogP contribution in [-0.2, 0) is 9.53 Å². The van der Waals surface area contributed by atoms with E-state index >= 15 is 0 Å². The Morgan fingerprint density at radius 3 is 2.62 bits per heavy atom. The minimum absolute atomic E-state index is 0.0741. The molecular formula is C11H23N3O2.